The van der Waals surface area contributed by atoms with Gasteiger partial charge < -0.3 is 9.84 Å². The van der Waals surface area contributed by atoms with E-state index in [0.29, 0.717) is 5.92 Å². The molecule has 0 radical (unpaired) electrons. The smallest absolute Gasteiger partial charge is 0.310 e. The maximum atomic E-state index is 10.9. The normalized spacial score (nSPS) is 16.6. The molecule has 1 N–H and O–H groups in total. The molecule has 0 saturated heterocycles. The Labute approximate surface area is 109 Å². The molecule has 17 heavy (non-hydrogen) atoms. The second-order valence-electron chi connectivity index (χ2n) is 4.50. The molecule has 1 aromatic carbocycles. The third kappa shape index (κ3) is 3.22. The van der Waals surface area contributed by atoms with Crippen molar-refractivity contribution in [2.75, 3.05) is 6.61 Å². The van der Waals surface area contributed by atoms with Crippen LogP contribution < -0.4 is 4.74 Å². The first-order valence-electron chi connectivity index (χ1n) is 5.73. The van der Waals surface area contributed by atoms with Gasteiger partial charge in [0.2, 0.25) is 0 Å². The molecule has 1 aliphatic carbocycles. The highest BCUT2D eigenvalue weighted by atomic mass is 79.9. The van der Waals surface area contributed by atoms with Crippen molar-refractivity contribution in [2.45, 2.75) is 25.7 Å². The van der Waals surface area contributed by atoms with Crippen molar-refractivity contribution in [1.82, 2.24) is 0 Å². The summed E-state index contributed by atoms with van der Waals surface area (Å²) in [6.45, 7) is 2.40. The van der Waals surface area contributed by atoms with E-state index in [9.17, 15) is 4.79 Å². The van der Waals surface area contributed by atoms with Crippen LogP contribution in [0.1, 0.15) is 31.2 Å². The minimum absolute atomic E-state index is 0.508. The quantitative estimate of drug-likeness (QED) is 0.906. The first kappa shape index (κ1) is 12.4. The number of carboxylic acid groups (broad SMARTS) is 1. The number of benzene rings is 1. The first-order chi connectivity index (χ1) is 8.08. The third-order valence-electron chi connectivity index (χ3n) is 3.00. The molecule has 0 aliphatic heterocycles. The van der Waals surface area contributed by atoms with Crippen LogP contribution in [0.5, 0.6) is 5.75 Å². The molecular formula is C13H15BrO3. The van der Waals surface area contributed by atoms with E-state index < -0.39 is 11.9 Å². The average molecular weight is 299 g/mol. The third-order valence-corrected chi connectivity index (χ3v) is 3.65. The Hall–Kier alpha value is -1.03. The van der Waals surface area contributed by atoms with Gasteiger partial charge in [-0.2, -0.15) is 0 Å². The number of hydrogen-bond donors (Lipinski definition) is 1. The second-order valence-corrected chi connectivity index (χ2v) is 5.36. The van der Waals surface area contributed by atoms with Gasteiger partial charge in [0.15, 0.2) is 0 Å². The first-order valence-corrected chi connectivity index (χ1v) is 6.52. The van der Waals surface area contributed by atoms with E-state index in [2.05, 4.69) is 15.9 Å². The Balaban J connectivity index is 2.12. The van der Waals surface area contributed by atoms with Crippen molar-refractivity contribution < 1.29 is 14.6 Å². The van der Waals surface area contributed by atoms with Crippen molar-refractivity contribution in [1.29, 1.82) is 0 Å². The van der Waals surface area contributed by atoms with Gasteiger partial charge in [0.1, 0.15) is 5.75 Å². The van der Waals surface area contributed by atoms with Gasteiger partial charge in [-0.1, -0.05) is 6.07 Å². The van der Waals surface area contributed by atoms with Crippen LogP contribution in [0.4, 0.5) is 0 Å². The van der Waals surface area contributed by atoms with Crippen LogP contribution in [0.2, 0.25) is 0 Å². The van der Waals surface area contributed by atoms with E-state index in [-0.39, 0.29) is 0 Å². The highest BCUT2D eigenvalue weighted by Gasteiger charge is 2.22. The lowest BCUT2D eigenvalue weighted by Gasteiger charge is -2.12. The van der Waals surface area contributed by atoms with Gasteiger partial charge in [-0.3, -0.25) is 4.79 Å². The summed E-state index contributed by atoms with van der Waals surface area (Å²) in [7, 11) is 0. The maximum Gasteiger partial charge on any atom is 0.310 e. The van der Waals surface area contributed by atoms with Crippen molar-refractivity contribution in [3.63, 3.8) is 0 Å². The summed E-state index contributed by atoms with van der Waals surface area (Å²) >= 11 is 3.41. The molecule has 0 bridgehead atoms. The Morgan fingerprint density at radius 1 is 1.59 bits per heavy atom. The minimum atomic E-state index is -0.819. The molecule has 0 amide bonds. The fourth-order valence-electron chi connectivity index (χ4n) is 1.53. The number of hydrogen-bond acceptors (Lipinski definition) is 2. The number of carboxylic acids is 1. The highest BCUT2D eigenvalue weighted by Crippen LogP contribution is 2.33. The van der Waals surface area contributed by atoms with Crippen LogP contribution in [0, 0.1) is 5.92 Å². The van der Waals surface area contributed by atoms with Crippen molar-refractivity contribution in [3.05, 3.63) is 28.2 Å². The summed E-state index contributed by atoms with van der Waals surface area (Å²) in [4.78, 5) is 10.9. The molecular weight excluding hydrogens is 284 g/mol. The summed E-state index contributed by atoms with van der Waals surface area (Å²) < 4.78 is 6.57. The van der Waals surface area contributed by atoms with Crippen LogP contribution in [0.15, 0.2) is 22.7 Å². The molecule has 4 heteroatoms. The van der Waals surface area contributed by atoms with E-state index in [1.165, 1.54) is 12.8 Å². The van der Waals surface area contributed by atoms with E-state index in [1.807, 2.05) is 18.2 Å². The maximum absolute atomic E-state index is 10.9. The molecule has 1 saturated carbocycles. The van der Waals surface area contributed by atoms with Gasteiger partial charge in [-0.05, 0) is 59.3 Å². The summed E-state index contributed by atoms with van der Waals surface area (Å²) in [6, 6.07) is 5.47. The average Bonchev–Trinajstić information content (AvgIpc) is 3.11. The Morgan fingerprint density at radius 2 is 2.29 bits per heavy atom. The Kier molecular flexibility index (Phi) is 3.72. The molecule has 1 atom stereocenters. The topological polar surface area (TPSA) is 46.5 Å². The van der Waals surface area contributed by atoms with Gasteiger partial charge in [-0.25, -0.2) is 0 Å². The molecule has 0 aromatic heterocycles. The summed E-state index contributed by atoms with van der Waals surface area (Å²) in [5, 5.41) is 8.97. The lowest BCUT2D eigenvalue weighted by molar-refractivity contribution is -0.138. The number of carbonyl (C=O) groups is 1. The number of rotatable bonds is 5. The Bertz CT molecular complexity index is 427. The van der Waals surface area contributed by atoms with Gasteiger partial charge in [0, 0.05) is 0 Å². The fraction of sp³-hybridized carbons (Fsp3) is 0.462. The molecule has 92 valence electrons. The molecule has 1 unspecified atom stereocenters. The van der Waals surface area contributed by atoms with Gasteiger partial charge in [0.05, 0.1) is 17.0 Å². The predicted molar refractivity (Wildman–Crippen MR) is 68.4 cm³/mol. The standard InChI is InChI=1S/C13H15BrO3/c1-8(13(15)16)10-4-5-11(14)12(6-10)17-7-9-2-3-9/h4-6,8-9H,2-3,7H2,1H3,(H,15,16). The molecule has 3 nitrogen and oxygen atoms in total. The van der Waals surface area contributed by atoms with Crippen molar-refractivity contribution in [2.24, 2.45) is 5.92 Å². The van der Waals surface area contributed by atoms with Gasteiger partial charge >= 0.3 is 5.97 Å². The van der Waals surface area contributed by atoms with Gasteiger partial charge in [0.25, 0.3) is 0 Å². The van der Waals surface area contributed by atoms with E-state index >= 15 is 0 Å². The van der Waals surface area contributed by atoms with Crippen molar-refractivity contribution in [3.8, 4) is 5.75 Å². The van der Waals surface area contributed by atoms with E-state index in [4.69, 9.17) is 9.84 Å². The number of halogens is 1. The SMILES string of the molecule is CC(C(=O)O)c1ccc(Br)c(OCC2CC2)c1. The Morgan fingerprint density at radius 3 is 2.88 bits per heavy atom. The zero-order chi connectivity index (χ0) is 12.4. The van der Waals surface area contributed by atoms with E-state index in [1.54, 1.807) is 6.92 Å². The molecule has 1 fully saturated rings. The summed E-state index contributed by atoms with van der Waals surface area (Å²) in [6.07, 6.45) is 2.48. The summed E-state index contributed by atoms with van der Waals surface area (Å²) in [5.41, 5.74) is 0.770. The lowest BCUT2D eigenvalue weighted by Crippen LogP contribution is -2.08. The monoisotopic (exact) mass is 298 g/mol. The van der Waals surface area contributed by atoms with Crippen LogP contribution in [-0.2, 0) is 4.79 Å². The van der Waals surface area contributed by atoms with Crippen LogP contribution in [-0.4, -0.2) is 17.7 Å². The molecule has 0 spiro atoms. The molecule has 1 aromatic rings. The largest absolute Gasteiger partial charge is 0.492 e. The minimum Gasteiger partial charge on any atom is -0.492 e. The molecule has 1 aliphatic rings. The summed E-state index contributed by atoms with van der Waals surface area (Å²) in [5.74, 6) is 0.0943. The van der Waals surface area contributed by atoms with Gasteiger partial charge in [-0.15, -0.1) is 0 Å². The fourth-order valence-corrected chi connectivity index (χ4v) is 1.90. The van der Waals surface area contributed by atoms with Crippen LogP contribution in [0.25, 0.3) is 0 Å². The number of aliphatic carboxylic acids is 1. The zero-order valence-electron chi connectivity index (χ0n) is 9.65. The zero-order valence-corrected chi connectivity index (χ0v) is 11.2. The molecule has 2 rings (SSSR count). The predicted octanol–water partition coefficient (Wildman–Crippen LogP) is 3.43. The number of ether oxygens (including phenoxy) is 1. The van der Waals surface area contributed by atoms with E-state index in [0.717, 1.165) is 22.4 Å². The van der Waals surface area contributed by atoms with Crippen LogP contribution >= 0.6 is 15.9 Å². The second kappa shape index (κ2) is 5.08. The van der Waals surface area contributed by atoms with Crippen molar-refractivity contribution >= 4 is 21.9 Å². The van der Waals surface area contributed by atoms with Crippen LogP contribution in [0.3, 0.4) is 0 Å². The highest BCUT2D eigenvalue weighted by molar-refractivity contribution is 9.10. The molecule has 0 heterocycles. The lowest BCUT2D eigenvalue weighted by atomic mass is 10.0.